The summed E-state index contributed by atoms with van der Waals surface area (Å²) in [6.07, 6.45) is 1.68. The molecule has 96 valence electrons. The molecule has 0 unspecified atom stereocenters. The molecule has 2 aromatic carbocycles. The summed E-state index contributed by atoms with van der Waals surface area (Å²) < 4.78 is 1.04. The van der Waals surface area contributed by atoms with Gasteiger partial charge in [-0.3, -0.25) is 4.99 Å². The zero-order valence-electron chi connectivity index (χ0n) is 10.7. The van der Waals surface area contributed by atoms with Gasteiger partial charge in [-0.05, 0) is 48.4 Å². The monoisotopic (exact) mass is 316 g/mol. The number of aliphatic imine (C=N–C) groups is 1. The fourth-order valence-corrected chi connectivity index (χ4v) is 2.61. The summed E-state index contributed by atoms with van der Waals surface area (Å²) >= 11 is 3.46. The highest BCUT2D eigenvalue weighted by atomic mass is 79.9. The molecule has 19 heavy (non-hydrogen) atoms. The third-order valence-electron chi connectivity index (χ3n) is 2.82. The maximum Gasteiger partial charge on any atom is 0.116 e. The Morgan fingerprint density at radius 1 is 1.11 bits per heavy atom. The molecule has 0 fully saturated rings. The zero-order chi connectivity index (χ0) is 13.8. The molecule has 0 aliphatic carbocycles. The Balaban J connectivity index is 2.41. The van der Waals surface area contributed by atoms with Gasteiger partial charge in [0.1, 0.15) is 5.69 Å². The van der Waals surface area contributed by atoms with Gasteiger partial charge in [0.15, 0.2) is 0 Å². The van der Waals surface area contributed by atoms with Gasteiger partial charge < -0.3 is 0 Å². The van der Waals surface area contributed by atoms with Crippen LogP contribution in [-0.4, -0.2) is 6.21 Å². The first-order valence-electron chi connectivity index (χ1n) is 5.85. The van der Waals surface area contributed by atoms with Crippen molar-refractivity contribution in [3.8, 4) is 0 Å². The Morgan fingerprint density at radius 2 is 1.74 bits per heavy atom. The van der Waals surface area contributed by atoms with E-state index >= 15 is 0 Å². The van der Waals surface area contributed by atoms with E-state index in [1.165, 1.54) is 0 Å². The minimum atomic E-state index is 0.402. The van der Waals surface area contributed by atoms with Gasteiger partial charge in [-0.2, -0.15) is 0 Å². The Kier molecular flexibility index (Phi) is 4.22. The van der Waals surface area contributed by atoms with Crippen LogP contribution in [0, 0.1) is 18.8 Å². The highest BCUT2D eigenvalue weighted by molar-refractivity contribution is 9.10. The predicted molar refractivity (Wildman–Crippen MR) is 82.8 cm³/mol. The van der Waals surface area contributed by atoms with E-state index in [4.69, 9.17) is 0 Å². The molecular weight excluding hydrogens is 304 g/mol. The zero-order valence-corrected chi connectivity index (χ0v) is 12.3. The van der Waals surface area contributed by atoms with Crippen molar-refractivity contribution in [1.82, 2.24) is 0 Å². The van der Waals surface area contributed by atoms with Gasteiger partial charge in [0.25, 0.3) is 0 Å². The van der Waals surface area contributed by atoms with Crippen LogP contribution < -0.4 is 0 Å². The van der Waals surface area contributed by atoms with Crippen molar-refractivity contribution in [1.29, 1.82) is 0 Å². The third-order valence-corrected chi connectivity index (χ3v) is 3.28. The van der Waals surface area contributed by atoms with E-state index in [1.54, 1.807) is 18.3 Å². The number of halogens is 1. The van der Waals surface area contributed by atoms with Crippen molar-refractivity contribution in [3.63, 3.8) is 0 Å². The van der Waals surface area contributed by atoms with Gasteiger partial charge in [0.05, 0.1) is 5.69 Å². The Labute approximate surface area is 120 Å². The van der Waals surface area contributed by atoms with Gasteiger partial charge in [-0.25, -0.2) is 0 Å². The quantitative estimate of drug-likeness (QED) is 0.565. The summed E-state index contributed by atoms with van der Waals surface area (Å²) in [6.45, 7) is 4.02. The lowest BCUT2D eigenvalue weighted by atomic mass is 10.1. The molecule has 0 aliphatic rings. The molecule has 0 saturated heterocycles. The van der Waals surface area contributed by atoms with E-state index in [-0.39, 0.29) is 0 Å². The molecule has 0 bridgehead atoms. The molecule has 2 aromatic rings. The number of hydrogen-bond acceptors (Lipinski definition) is 3. The highest BCUT2D eigenvalue weighted by Crippen LogP contribution is 2.28. The maximum absolute atomic E-state index is 10.7. The van der Waals surface area contributed by atoms with E-state index in [0.717, 1.165) is 26.9 Å². The molecule has 3 nitrogen and oxygen atoms in total. The van der Waals surface area contributed by atoms with E-state index < -0.39 is 0 Å². The van der Waals surface area contributed by atoms with Crippen molar-refractivity contribution in [2.45, 2.75) is 13.8 Å². The summed E-state index contributed by atoms with van der Waals surface area (Å²) in [4.78, 5) is 15.2. The minimum absolute atomic E-state index is 0.402. The van der Waals surface area contributed by atoms with Crippen LogP contribution >= 0.6 is 15.9 Å². The highest BCUT2D eigenvalue weighted by Gasteiger charge is 2.03. The average molecular weight is 317 g/mol. The first-order chi connectivity index (χ1) is 9.11. The molecular formula is C15H13BrN2O. The van der Waals surface area contributed by atoms with Gasteiger partial charge in [-0.15, -0.1) is 4.91 Å². The van der Waals surface area contributed by atoms with Crippen LogP contribution in [0.2, 0.25) is 0 Å². The van der Waals surface area contributed by atoms with Gasteiger partial charge in [0, 0.05) is 16.3 Å². The summed E-state index contributed by atoms with van der Waals surface area (Å²) in [6, 6.07) is 11.2. The molecule has 0 aliphatic heterocycles. The number of nitrogens with zero attached hydrogens (tertiary/aromatic N) is 2. The number of aryl methyl sites for hydroxylation is 2. The molecule has 0 atom stereocenters. The Morgan fingerprint density at radius 3 is 2.37 bits per heavy atom. The topological polar surface area (TPSA) is 41.8 Å². The van der Waals surface area contributed by atoms with Crippen LogP contribution in [0.5, 0.6) is 0 Å². The summed E-state index contributed by atoms with van der Waals surface area (Å²) in [7, 11) is 0. The molecule has 2 rings (SSSR count). The first-order valence-corrected chi connectivity index (χ1v) is 6.64. The third kappa shape index (κ3) is 3.15. The van der Waals surface area contributed by atoms with Crippen molar-refractivity contribution >= 4 is 33.5 Å². The summed E-state index contributed by atoms with van der Waals surface area (Å²) in [5, 5.41) is 2.99. The van der Waals surface area contributed by atoms with Crippen LogP contribution in [0.25, 0.3) is 0 Å². The lowest BCUT2D eigenvalue weighted by molar-refractivity contribution is 1.32. The van der Waals surface area contributed by atoms with E-state index in [1.807, 2.05) is 38.1 Å². The lowest BCUT2D eigenvalue weighted by Gasteiger charge is -2.05. The number of rotatable bonds is 3. The second-order valence-corrected chi connectivity index (χ2v) is 5.21. The van der Waals surface area contributed by atoms with Gasteiger partial charge in [-0.1, -0.05) is 34.1 Å². The first kappa shape index (κ1) is 13.6. The van der Waals surface area contributed by atoms with Crippen LogP contribution in [0.4, 0.5) is 11.4 Å². The SMILES string of the molecule is Cc1cc(Br)cc(C)c1N=Cc1ccccc1N=O. The predicted octanol–water partition coefficient (Wildman–Crippen LogP) is 5.21. The average Bonchev–Trinajstić information content (AvgIpc) is 2.38. The van der Waals surface area contributed by atoms with Crippen LogP contribution in [0.1, 0.15) is 16.7 Å². The number of hydrogen-bond donors (Lipinski definition) is 0. The molecule has 4 heteroatoms. The Hall–Kier alpha value is -1.81. The lowest BCUT2D eigenvalue weighted by Crippen LogP contribution is -1.85. The fraction of sp³-hybridized carbons (Fsp3) is 0.133. The molecule has 0 amide bonds. The van der Waals surface area contributed by atoms with Crippen molar-refractivity contribution in [2.75, 3.05) is 0 Å². The molecule has 0 heterocycles. The largest absolute Gasteiger partial charge is 0.256 e. The maximum atomic E-state index is 10.7. The Bertz CT molecular complexity index is 627. The molecule has 0 N–H and O–H groups in total. The standard InChI is InChI=1S/C15H13BrN2O/c1-10-7-13(16)8-11(2)15(10)17-9-12-5-3-4-6-14(12)18-19/h3-9H,1-2H3. The van der Waals surface area contributed by atoms with Gasteiger partial charge in [0.2, 0.25) is 0 Å². The van der Waals surface area contributed by atoms with Crippen LogP contribution in [-0.2, 0) is 0 Å². The van der Waals surface area contributed by atoms with Gasteiger partial charge >= 0.3 is 0 Å². The normalized spacial score (nSPS) is 10.9. The van der Waals surface area contributed by atoms with E-state index in [0.29, 0.717) is 5.69 Å². The second kappa shape index (κ2) is 5.89. The van der Waals surface area contributed by atoms with Crippen molar-refractivity contribution in [2.24, 2.45) is 10.2 Å². The van der Waals surface area contributed by atoms with Crippen molar-refractivity contribution < 1.29 is 0 Å². The minimum Gasteiger partial charge on any atom is -0.256 e. The van der Waals surface area contributed by atoms with Crippen LogP contribution in [0.15, 0.2) is 51.0 Å². The molecule has 0 saturated carbocycles. The number of benzene rings is 2. The molecule has 0 spiro atoms. The van der Waals surface area contributed by atoms with Crippen LogP contribution in [0.3, 0.4) is 0 Å². The van der Waals surface area contributed by atoms with Crippen molar-refractivity contribution in [3.05, 3.63) is 62.5 Å². The smallest absolute Gasteiger partial charge is 0.116 e. The van der Waals surface area contributed by atoms with E-state index in [2.05, 4.69) is 26.1 Å². The fourth-order valence-electron chi connectivity index (χ4n) is 1.92. The molecule has 0 radical (unpaired) electrons. The summed E-state index contributed by atoms with van der Waals surface area (Å²) in [5.41, 5.74) is 4.21. The number of nitroso groups, excluding NO2 is 1. The van der Waals surface area contributed by atoms with E-state index in [9.17, 15) is 4.91 Å². The second-order valence-electron chi connectivity index (χ2n) is 4.30. The summed E-state index contributed by atoms with van der Waals surface area (Å²) in [5.74, 6) is 0. The molecule has 0 aromatic heterocycles.